The van der Waals surface area contributed by atoms with Crippen molar-refractivity contribution >= 4 is 15.9 Å². The lowest BCUT2D eigenvalue weighted by atomic mass is 10.0. The zero-order chi connectivity index (χ0) is 21.0. The number of amides is 1. The fraction of sp³-hybridized carbons (Fsp3) is 0.409. The summed E-state index contributed by atoms with van der Waals surface area (Å²) in [5.74, 6) is 0.999. The minimum absolute atomic E-state index is 0.0570. The Morgan fingerprint density at radius 1 is 0.966 bits per heavy atom. The van der Waals surface area contributed by atoms with Crippen LogP contribution in [-0.4, -0.2) is 56.3 Å². The van der Waals surface area contributed by atoms with Crippen LogP contribution in [-0.2, 0) is 10.0 Å². The molecule has 1 saturated heterocycles. The topological polar surface area (TPSA) is 66.9 Å². The Morgan fingerprint density at radius 2 is 1.55 bits per heavy atom. The van der Waals surface area contributed by atoms with Gasteiger partial charge in [-0.15, -0.1) is 0 Å². The Balaban J connectivity index is 1.63. The number of carbonyl (C=O) groups is 1. The fourth-order valence-corrected chi connectivity index (χ4v) is 4.77. The molecule has 0 saturated carbocycles. The number of hydrogen-bond donors (Lipinski definition) is 0. The van der Waals surface area contributed by atoms with Crippen LogP contribution in [0.3, 0.4) is 0 Å². The highest BCUT2D eigenvalue weighted by Crippen LogP contribution is 2.22. The van der Waals surface area contributed by atoms with Gasteiger partial charge in [-0.25, -0.2) is 8.42 Å². The summed E-state index contributed by atoms with van der Waals surface area (Å²) in [4.78, 5) is 14.7. The van der Waals surface area contributed by atoms with E-state index in [0.29, 0.717) is 36.9 Å². The third-order valence-corrected chi connectivity index (χ3v) is 7.04. The van der Waals surface area contributed by atoms with Crippen LogP contribution >= 0.6 is 0 Å². The van der Waals surface area contributed by atoms with Gasteiger partial charge in [0.1, 0.15) is 5.75 Å². The van der Waals surface area contributed by atoms with Crippen LogP contribution in [0, 0.1) is 0 Å². The number of benzene rings is 2. The Bertz CT molecular complexity index is 930. The smallest absolute Gasteiger partial charge is 0.253 e. The van der Waals surface area contributed by atoms with E-state index in [1.54, 1.807) is 29.2 Å². The number of carbonyl (C=O) groups excluding carboxylic acids is 1. The molecule has 0 unspecified atom stereocenters. The molecule has 0 radical (unpaired) electrons. The lowest BCUT2D eigenvalue weighted by Crippen LogP contribution is -2.50. The maximum Gasteiger partial charge on any atom is 0.253 e. The first kappa shape index (κ1) is 21.3. The first-order valence-electron chi connectivity index (χ1n) is 9.95. The van der Waals surface area contributed by atoms with E-state index in [0.717, 1.165) is 0 Å². The molecule has 0 spiro atoms. The number of sulfonamides is 1. The van der Waals surface area contributed by atoms with Crippen LogP contribution in [0.1, 0.15) is 42.6 Å². The molecule has 1 fully saturated rings. The van der Waals surface area contributed by atoms with Gasteiger partial charge in [-0.3, -0.25) is 4.79 Å². The largest absolute Gasteiger partial charge is 0.494 e. The maximum absolute atomic E-state index is 12.9. The second-order valence-electron chi connectivity index (χ2n) is 7.38. The van der Waals surface area contributed by atoms with E-state index in [4.69, 9.17) is 4.74 Å². The third kappa shape index (κ3) is 4.79. The van der Waals surface area contributed by atoms with Gasteiger partial charge in [0.25, 0.3) is 5.91 Å². The molecule has 2 aromatic carbocycles. The van der Waals surface area contributed by atoms with Crippen molar-refractivity contribution in [3.05, 3.63) is 59.7 Å². The summed E-state index contributed by atoms with van der Waals surface area (Å²) in [5, 5.41) is 0. The molecule has 0 aliphatic carbocycles. The molecule has 1 aliphatic heterocycles. The monoisotopic (exact) mass is 416 g/mol. The fourth-order valence-electron chi connectivity index (χ4n) is 3.35. The van der Waals surface area contributed by atoms with Crippen molar-refractivity contribution in [1.82, 2.24) is 9.21 Å². The number of rotatable bonds is 6. The molecule has 2 aromatic rings. The number of hydrogen-bond acceptors (Lipinski definition) is 4. The standard InChI is InChI=1S/C22H28N2O4S/c1-4-28-20-9-11-21(12-10-20)29(26,27)24-15-13-23(14-16-24)22(25)19-7-5-18(6-8-19)17(2)3/h5-12,17H,4,13-16H2,1-3H3. The van der Waals surface area contributed by atoms with Crippen molar-refractivity contribution in [3.8, 4) is 5.75 Å². The highest BCUT2D eigenvalue weighted by atomic mass is 32.2. The van der Waals surface area contributed by atoms with Crippen LogP contribution in [0.2, 0.25) is 0 Å². The highest BCUT2D eigenvalue weighted by molar-refractivity contribution is 7.89. The van der Waals surface area contributed by atoms with Crippen molar-refractivity contribution in [2.75, 3.05) is 32.8 Å². The van der Waals surface area contributed by atoms with Gasteiger partial charge in [0.05, 0.1) is 11.5 Å². The van der Waals surface area contributed by atoms with Crippen molar-refractivity contribution in [1.29, 1.82) is 0 Å². The third-order valence-electron chi connectivity index (χ3n) is 5.12. The van der Waals surface area contributed by atoms with Gasteiger partial charge in [-0.05, 0) is 54.8 Å². The Labute approximate surface area is 173 Å². The average molecular weight is 417 g/mol. The van der Waals surface area contributed by atoms with Crippen LogP contribution in [0.25, 0.3) is 0 Å². The SMILES string of the molecule is CCOc1ccc(S(=O)(=O)N2CCN(C(=O)c3ccc(C(C)C)cc3)CC2)cc1. The summed E-state index contributed by atoms with van der Waals surface area (Å²) in [6, 6.07) is 14.1. The second-order valence-corrected chi connectivity index (χ2v) is 9.32. The van der Waals surface area contributed by atoms with Gasteiger partial charge in [0.15, 0.2) is 0 Å². The lowest BCUT2D eigenvalue weighted by Gasteiger charge is -2.34. The second kappa shape index (κ2) is 8.97. The molecule has 0 N–H and O–H groups in total. The summed E-state index contributed by atoms with van der Waals surface area (Å²) in [7, 11) is -3.58. The first-order chi connectivity index (χ1) is 13.8. The van der Waals surface area contributed by atoms with Crippen LogP contribution in [0.15, 0.2) is 53.4 Å². The van der Waals surface area contributed by atoms with Gasteiger partial charge < -0.3 is 9.64 Å². The normalized spacial score (nSPS) is 15.5. The van der Waals surface area contributed by atoms with E-state index in [1.807, 2.05) is 31.2 Å². The van der Waals surface area contributed by atoms with Crippen molar-refractivity contribution < 1.29 is 17.9 Å². The molecule has 7 heteroatoms. The molecule has 1 aliphatic rings. The van der Waals surface area contributed by atoms with Crippen LogP contribution in [0.4, 0.5) is 0 Å². The molecule has 3 rings (SSSR count). The molecular weight excluding hydrogens is 388 g/mol. The minimum atomic E-state index is -3.58. The van der Waals surface area contributed by atoms with E-state index < -0.39 is 10.0 Å². The summed E-state index contributed by atoms with van der Waals surface area (Å²) in [6.45, 7) is 7.95. The van der Waals surface area contributed by atoms with Gasteiger partial charge in [-0.2, -0.15) is 4.31 Å². The van der Waals surface area contributed by atoms with Gasteiger partial charge >= 0.3 is 0 Å². The molecule has 156 valence electrons. The molecule has 0 atom stereocenters. The molecule has 29 heavy (non-hydrogen) atoms. The predicted molar refractivity (Wildman–Crippen MR) is 113 cm³/mol. The number of nitrogens with zero attached hydrogens (tertiary/aromatic N) is 2. The van der Waals surface area contributed by atoms with Gasteiger partial charge in [-0.1, -0.05) is 26.0 Å². The first-order valence-corrected chi connectivity index (χ1v) is 11.4. The molecular formula is C22H28N2O4S. The van der Waals surface area contributed by atoms with Crippen molar-refractivity contribution in [2.45, 2.75) is 31.6 Å². The highest BCUT2D eigenvalue weighted by Gasteiger charge is 2.30. The van der Waals surface area contributed by atoms with Crippen LogP contribution in [0.5, 0.6) is 5.75 Å². The summed E-state index contributed by atoms with van der Waals surface area (Å²) < 4.78 is 32.6. The van der Waals surface area contributed by atoms with E-state index in [2.05, 4.69) is 13.8 Å². The van der Waals surface area contributed by atoms with E-state index in [-0.39, 0.29) is 23.9 Å². The average Bonchev–Trinajstić information content (AvgIpc) is 2.74. The van der Waals surface area contributed by atoms with Crippen LogP contribution < -0.4 is 4.74 Å². The Hall–Kier alpha value is -2.38. The molecule has 6 nitrogen and oxygen atoms in total. The van der Waals surface area contributed by atoms with E-state index >= 15 is 0 Å². The molecule has 0 aromatic heterocycles. The molecule has 0 bridgehead atoms. The zero-order valence-corrected chi connectivity index (χ0v) is 18.0. The number of ether oxygens (including phenoxy) is 1. The zero-order valence-electron chi connectivity index (χ0n) is 17.2. The van der Waals surface area contributed by atoms with E-state index in [1.165, 1.54) is 9.87 Å². The predicted octanol–water partition coefficient (Wildman–Crippen LogP) is 3.36. The van der Waals surface area contributed by atoms with Gasteiger partial charge in [0.2, 0.25) is 10.0 Å². The number of piperazine rings is 1. The Morgan fingerprint density at radius 3 is 2.07 bits per heavy atom. The van der Waals surface area contributed by atoms with Gasteiger partial charge in [0, 0.05) is 31.7 Å². The van der Waals surface area contributed by atoms with E-state index in [9.17, 15) is 13.2 Å². The molecule has 1 amide bonds. The Kier molecular flexibility index (Phi) is 6.59. The minimum Gasteiger partial charge on any atom is -0.494 e. The van der Waals surface area contributed by atoms with Crippen molar-refractivity contribution in [2.24, 2.45) is 0 Å². The quantitative estimate of drug-likeness (QED) is 0.724. The maximum atomic E-state index is 12.9. The van der Waals surface area contributed by atoms with Crippen molar-refractivity contribution in [3.63, 3.8) is 0 Å². The lowest BCUT2D eigenvalue weighted by molar-refractivity contribution is 0.0698. The summed E-state index contributed by atoms with van der Waals surface area (Å²) in [5.41, 5.74) is 1.82. The summed E-state index contributed by atoms with van der Waals surface area (Å²) >= 11 is 0. The summed E-state index contributed by atoms with van der Waals surface area (Å²) in [6.07, 6.45) is 0. The molecule has 1 heterocycles.